The van der Waals surface area contributed by atoms with Gasteiger partial charge in [0.15, 0.2) is 0 Å². The highest BCUT2D eigenvalue weighted by Gasteiger charge is 2.20. The second kappa shape index (κ2) is 7.60. The summed E-state index contributed by atoms with van der Waals surface area (Å²) in [5.74, 6) is 0.798. The van der Waals surface area contributed by atoms with Gasteiger partial charge in [-0.2, -0.15) is 15.5 Å². The fourth-order valence-corrected chi connectivity index (χ4v) is 3.43. The molecule has 0 aliphatic heterocycles. The van der Waals surface area contributed by atoms with Crippen molar-refractivity contribution in [1.82, 2.24) is 29.1 Å². The van der Waals surface area contributed by atoms with Gasteiger partial charge in [0, 0.05) is 44.2 Å². The second-order valence-electron chi connectivity index (χ2n) is 6.89. The molecule has 3 heterocycles. The average molecular weight is 383 g/mol. The first kappa shape index (κ1) is 18.4. The van der Waals surface area contributed by atoms with Crippen LogP contribution < -0.4 is 0 Å². The van der Waals surface area contributed by atoms with Gasteiger partial charge in [-0.05, 0) is 30.2 Å². The number of benzene rings is 1. The van der Waals surface area contributed by atoms with Crippen LogP contribution in [0.25, 0.3) is 28.6 Å². The fraction of sp³-hybridized carbons (Fsp3) is 0.182. The minimum absolute atomic E-state index is 0.627. The van der Waals surface area contributed by atoms with Gasteiger partial charge in [0.1, 0.15) is 11.5 Å². The molecule has 0 bridgehead atoms. The average Bonchev–Trinajstić information content (AvgIpc) is 3.44. The molecule has 0 N–H and O–H groups in total. The molecule has 0 saturated heterocycles. The minimum Gasteiger partial charge on any atom is -0.324 e. The van der Waals surface area contributed by atoms with E-state index in [2.05, 4.69) is 27.4 Å². The minimum atomic E-state index is 0.627. The number of imidazole rings is 1. The molecule has 1 aromatic carbocycles. The van der Waals surface area contributed by atoms with Gasteiger partial charge in [-0.3, -0.25) is 9.36 Å². The van der Waals surface area contributed by atoms with Crippen molar-refractivity contribution in [2.24, 2.45) is 14.1 Å². The van der Waals surface area contributed by atoms with Crippen LogP contribution in [0.15, 0.2) is 55.6 Å². The van der Waals surface area contributed by atoms with Crippen molar-refractivity contribution in [2.45, 2.75) is 13.0 Å². The van der Waals surface area contributed by atoms with Gasteiger partial charge >= 0.3 is 0 Å². The third-order valence-corrected chi connectivity index (χ3v) is 4.83. The monoisotopic (exact) mass is 383 g/mol. The molecule has 3 aromatic heterocycles. The first-order chi connectivity index (χ1) is 14.1. The molecule has 0 spiro atoms. The van der Waals surface area contributed by atoms with Crippen molar-refractivity contribution >= 4 is 6.08 Å². The lowest BCUT2D eigenvalue weighted by Gasteiger charge is -2.11. The maximum atomic E-state index is 9.14. The van der Waals surface area contributed by atoms with E-state index in [1.165, 1.54) is 0 Å². The summed E-state index contributed by atoms with van der Waals surface area (Å²) in [5.41, 5.74) is 5.56. The van der Waals surface area contributed by atoms with Crippen molar-refractivity contribution < 1.29 is 0 Å². The maximum absolute atomic E-state index is 9.14. The van der Waals surface area contributed by atoms with Crippen LogP contribution in [0.5, 0.6) is 0 Å². The summed E-state index contributed by atoms with van der Waals surface area (Å²) >= 11 is 0. The Morgan fingerprint density at radius 3 is 2.34 bits per heavy atom. The molecule has 0 fully saturated rings. The molecule has 0 unspecified atom stereocenters. The molecule has 0 radical (unpaired) electrons. The lowest BCUT2D eigenvalue weighted by molar-refractivity contribution is 0.694. The van der Waals surface area contributed by atoms with E-state index in [-0.39, 0.29) is 0 Å². The van der Waals surface area contributed by atoms with Gasteiger partial charge in [-0.25, -0.2) is 4.98 Å². The van der Waals surface area contributed by atoms with Gasteiger partial charge in [-0.1, -0.05) is 18.7 Å². The second-order valence-corrected chi connectivity index (χ2v) is 6.89. The Hall–Kier alpha value is -3.92. The Bertz CT molecular complexity index is 1200. The molecule has 4 aromatic rings. The zero-order valence-corrected chi connectivity index (χ0v) is 16.4. The summed E-state index contributed by atoms with van der Waals surface area (Å²) in [7, 11) is 3.80. The molecular weight excluding hydrogens is 362 g/mol. The number of aromatic nitrogens is 6. The number of nitrogens with zero attached hydrogens (tertiary/aromatic N) is 7. The predicted octanol–water partition coefficient (Wildman–Crippen LogP) is 3.44. The van der Waals surface area contributed by atoms with Crippen LogP contribution in [0.1, 0.15) is 17.0 Å². The fourth-order valence-electron chi connectivity index (χ4n) is 3.43. The van der Waals surface area contributed by atoms with Crippen molar-refractivity contribution in [3.63, 3.8) is 0 Å². The molecule has 0 atom stereocenters. The van der Waals surface area contributed by atoms with Crippen molar-refractivity contribution in [3.8, 4) is 28.6 Å². The highest BCUT2D eigenvalue weighted by Crippen LogP contribution is 2.33. The zero-order chi connectivity index (χ0) is 20.4. The Morgan fingerprint density at radius 2 is 1.76 bits per heavy atom. The number of hydrogen-bond donors (Lipinski definition) is 0. The van der Waals surface area contributed by atoms with Crippen LogP contribution in [0.4, 0.5) is 0 Å². The highest BCUT2D eigenvalue weighted by molar-refractivity contribution is 5.80. The Balaban J connectivity index is 1.84. The third kappa shape index (κ3) is 3.60. The molecule has 7 heteroatoms. The lowest BCUT2D eigenvalue weighted by Crippen LogP contribution is -2.05. The molecule has 4 rings (SSSR count). The number of rotatable bonds is 6. The van der Waals surface area contributed by atoms with Gasteiger partial charge < -0.3 is 4.57 Å². The third-order valence-electron chi connectivity index (χ3n) is 4.83. The van der Waals surface area contributed by atoms with Crippen LogP contribution in [0, 0.1) is 11.3 Å². The van der Waals surface area contributed by atoms with E-state index >= 15 is 0 Å². The van der Waals surface area contributed by atoms with Crippen LogP contribution in [-0.4, -0.2) is 29.1 Å². The largest absolute Gasteiger partial charge is 0.324 e. The molecule has 0 saturated carbocycles. The number of nitriles is 1. The van der Waals surface area contributed by atoms with Crippen LogP contribution in [0.3, 0.4) is 0 Å². The number of hydrogen-bond acceptors (Lipinski definition) is 4. The van der Waals surface area contributed by atoms with Crippen LogP contribution in [0.2, 0.25) is 0 Å². The van der Waals surface area contributed by atoms with Gasteiger partial charge in [0.25, 0.3) is 0 Å². The van der Waals surface area contributed by atoms with E-state index in [0.717, 1.165) is 46.9 Å². The normalized spacial score (nSPS) is 10.8. The van der Waals surface area contributed by atoms with E-state index in [0.29, 0.717) is 5.56 Å². The molecule has 144 valence electrons. The Morgan fingerprint density at radius 1 is 1.03 bits per heavy atom. The summed E-state index contributed by atoms with van der Waals surface area (Å²) in [6.07, 6.45) is 10.3. The zero-order valence-electron chi connectivity index (χ0n) is 16.4. The van der Waals surface area contributed by atoms with E-state index < -0.39 is 0 Å². The summed E-state index contributed by atoms with van der Waals surface area (Å²) in [4.78, 5) is 4.85. The number of aryl methyl sites for hydroxylation is 3. The standard InChI is InChI=1S/C22H21N7/c1-4-20-26-21(19-13-25-28(3)15-19)22(18-7-5-16(11-23)6-8-18)29(20)10-9-17-12-24-27(2)14-17/h4-8,12-15H,1,9-10H2,2-3H3. The van der Waals surface area contributed by atoms with E-state index in [4.69, 9.17) is 10.2 Å². The van der Waals surface area contributed by atoms with E-state index in [1.54, 1.807) is 15.4 Å². The highest BCUT2D eigenvalue weighted by atomic mass is 15.2. The van der Waals surface area contributed by atoms with E-state index in [9.17, 15) is 0 Å². The summed E-state index contributed by atoms with van der Waals surface area (Å²) in [5, 5.41) is 17.7. The Labute approximate surface area is 169 Å². The molecule has 0 aliphatic carbocycles. The predicted molar refractivity (Wildman–Crippen MR) is 112 cm³/mol. The topological polar surface area (TPSA) is 77.2 Å². The van der Waals surface area contributed by atoms with Crippen LogP contribution in [-0.2, 0) is 27.1 Å². The van der Waals surface area contributed by atoms with Crippen molar-refractivity contribution in [2.75, 3.05) is 0 Å². The quantitative estimate of drug-likeness (QED) is 0.511. The molecule has 29 heavy (non-hydrogen) atoms. The summed E-state index contributed by atoms with van der Waals surface area (Å²) in [6, 6.07) is 9.75. The summed E-state index contributed by atoms with van der Waals surface area (Å²) < 4.78 is 5.74. The lowest BCUT2D eigenvalue weighted by atomic mass is 10.1. The Kier molecular flexibility index (Phi) is 4.83. The van der Waals surface area contributed by atoms with Crippen molar-refractivity contribution in [1.29, 1.82) is 5.26 Å². The maximum Gasteiger partial charge on any atom is 0.133 e. The van der Waals surface area contributed by atoms with E-state index in [1.807, 2.05) is 63.1 Å². The molecule has 0 aliphatic rings. The smallest absolute Gasteiger partial charge is 0.133 e. The van der Waals surface area contributed by atoms with Gasteiger partial charge in [0.05, 0.1) is 29.7 Å². The molecule has 0 amide bonds. The molecular formula is C22H21N7. The first-order valence-corrected chi connectivity index (χ1v) is 9.29. The van der Waals surface area contributed by atoms with Crippen molar-refractivity contribution in [3.05, 3.63) is 72.6 Å². The SMILES string of the molecule is C=Cc1nc(-c2cnn(C)c2)c(-c2ccc(C#N)cc2)n1CCc1cnn(C)c1. The molecule has 7 nitrogen and oxygen atoms in total. The van der Waals surface area contributed by atoms with Crippen LogP contribution >= 0.6 is 0 Å². The van der Waals surface area contributed by atoms with Gasteiger partial charge in [0.2, 0.25) is 0 Å². The summed E-state index contributed by atoms with van der Waals surface area (Å²) in [6.45, 7) is 4.69. The first-order valence-electron chi connectivity index (χ1n) is 9.29. The van der Waals surface area contributed by atoms with Gasteiger partial charge in [-0.15, -0.1) is 0 Å².